The molecule has 1 aliphatic carbocycles. The summed E-state index contributed by atoms with van der Waals surface area (Å²) in [5.41, 5.74) is 6.14. The van der Waals surface area contributed by atoms with Crippen molar-refractivity contribution in [2.45, 2.75) is 25.0 Å². The summed E-state index contributed by atoms with van der Waals surface area (Å²) in [6.07, 6.45) is 3.15. The number of pyridine rings is 1. The quantitative estimate of drug-likeness (QED) is 0.701. The second-order valence-electron chi connectivity index (χ2n) is 7.90. The molecular formula is C21H20ClN3OS. The number of hydrogen-bond donors (Lipinski definition) is 2. The molecule has 2 atom stereocenters. The largest absolute Gasteiger partial charge is 0.391 e. The highest BCUT2D eigenvalue weighted by molar-refractivity contribution is 7.19. The van der Waals surface area contributed by atoms with E-state index < -0.39 is 0 Å². The number of halogens is 1. The number of aliphatic hydroxyl groups is 1. The van der Waals surface area contributed by atoms with Crippen LogP contribution in [0.25, 0.3) is 21.3 Å². The molecule has 27 heavy (non-hydrogen) atoms. The Balaban J connectivity index is 1.61. The lowest BCUT2D eigenvalue weighted by Crippen LogP contribution is -2.58. The molecule has 2 fully saturated rings. The molecule has 0 spiro atoms. The molecule has 138 valence electrons. The Morgan fingerprint density at radius 1 is 1.26 bits per heavy atom. The summed E-state index contributed by atoms with van der Waals surface area (Å²) in [7, 11) is 0. The van der Waals surface area contributed by atoms with E-state index >= 15 is 0 Å². The molecule has 1 saturated heterocycles. The average Bonchev–Trinajstić information content (AvgIpc) is 3.28. The summed E-state index contributed by atoms with van der Waals surface area (Å²) in [6.45, 7) is 3.31. The average molecular weight is 398 g/mol. The van der Waals surface area contributed by atoms with Crippen LogP contribution in [0.15, 0.2) is 30.5 Å². The van der Waals surface area contributed by atoms with Crippen molar-refractivity contribution in [1.82, 2.24) is 10.3 Å². The van der Waals surface area contributed by atoms with Crippen molar-refractivity contribution in [3.8, 4) is 11.1 Å². The molecule has 1 saturated carbocycles. The molecule has 3 aromatic rings. The number of thiophene rings is 1. The number of hydrogen-bond acceptors (Lipinski definition) is 5. The highest BCUT2D eigenvalue weighted by Gasteiger charge is 2.48. The van der Waals surface area contributed by atoms with E-state index in [9.17, 15) is 5.11 Å². The minimum atomic E-state index is 0.0533. The number of rotatable bonds is 3. The number of aliphatic hydroxyl groups excluding tert-OH is 1. The van der Waals surface area contributed by atoms with Crippen molar-refractivity contribution in [2.75, 3.05) is 24.5 Å². The third-order valence-corrected chi connectivity index (χ3v) is 7.61. The van der Waals surface area contributed by atoms with E-state index in [1.165, 1.54) is 28.8 Å². The third-order valence-electron chi connectivity index (χ3n) is 6.25. The van der Waals surface area contributed by atoms with Crippen molar-refractivity contribution in [2.24, 2.45) is 5.92 Å². The predicted octanol–water partition coefficient (Wildman–Crippen LogP) is 4.00. The zero-order valence-electron chi connectivity index (χ0n) is 14.8. The zero-order valence-corrected chi connectivity index (χ0v) is 16.4. The summed E-state index contributed by atoms with van der Waals surface area (Å²) < 4.78 is 1.13. The Kier molecular flexibility index (Phi) is 3.57. The van der Waals surface area contributed by atoms with Crippen LogP contribution in [0, 0.1) is 5.92 Å². The van der Waals surface area contributed by atoms with Gasteiger partial charge < -0.3 is 15.3 Å². The Labute approximate surface area is 166 Å². The Morgan fingerprint density at radius 2 is 2.15 bits per heavy atom. The van der Waals surface area contributed by atoms with Crippen molar-refractivity contribution in [1.29, 1.82) is 0 Å². The normalized spacial score (nSPS) is 23.9. The fourth-order valence-electron chi connectivity index (χ4n) is 4.71. The summed E-state index contributed by atoms with van der Waals surface area (Å²) in [6, 6.07) is 8.97. The van der Waals surface area contributed by atoms with Crippen LogP contribution in [0.3, 0.4) is 0 Å². The molecule has 1 aromatic carbocycles. The second kappa shape index (κ2) is 5.92. The first-order chi connectivity index (χ1) is 13.2. The molecule has 3 aliphatic rings. The summed E-state index contributed by atoms with van der Waals surface area (Å²) in [4.78, 5) is 8.09. The minimum Gasteiger partial charge on any atom is -0.391 e. The van der Waals surface area contributed by atoms with E-state index in [-0.39, 0.29) is 6.61 Å². The molecule has 4 nitrogen and oxygen atoms in total. The molecule has 6 rings (SSSR count). The van der Waals surface area contributed by atoms with Crippen LogP contribution in [-0.4, -0.2) is 35.8 Å². The Morgan fingerprint density at radius 3 is 2.93 bits per heavy atom. The van der Waals surface area contributed by atoms with Crippen molar-refractivity contribution < 1.29 is 5.11 Å². The number of nitrogens with zero attached hydrogens (tertiary/aromatic N) is 2. The Bertz CT molecular complexity index is 1060. The standard InChI is InChI=1S/C21H20ClN3OS/c22-12-4-17(15-1-2-24-19-6-14(10-26)27-21(15)19)20-18(5-12)16-3-11(16)9-25(20)13-7-23-8-13/h1-2,4-6,11,13,16,23,26H,3,7-10H2. The van der Waals surface area contributed by atoms with Gasteiger partial charge in [-0.1, -0.05) is 11.6 Å². The van der Waals surface area contributed by atoms with Crippen LogP contribution in [0.4, 0.5) is 5.69 Å². The third kappa shape index (κ3) is 2.46. The van der Waals surface area contributed by atoms with Gasteiger partial charge in [-0.2, -0.15) is 0 Å². The van der Waals surface area contributed by atoms with Crippen LogP contribution in [0.2, 0.25) is 5.02 Å². The van der Waals surface area contributed by atoms with Gasteiger partial charge in [0.05, 0.1) is 22.9 Å². The van der Waals surface area contributed by atoms with Gasteiger partial charge in [-0.25, -0.2) is 0 Å². The number of anilines is 1. The van der Waals surface area contributed by atoms with Crippen LogP contribution >= 0.6 is 22.9 Å². The molecule has 2 aliphatic heterocycles. The summed E-state index contributed by atoms with van der Waals surface area (Å²) in [5.74, 6) is 1.44. The first-order valence-corrected chi connectivity index (χ1v) is 10.7. The smallest absolute Gasteiger partial charge is 0.0819 e. The first-order valence-electron chi connectivity index (χ1n) is 9.52. The van der Waals surface area contributed by atoms with Gasteiger partial charge >= 0.3 is 0 Å². The van der Waals surface area contributed by atoms with E-state index in [0.717, 1.165) is 45.7 Å². The van der Waals surface area contributed by atoms with Gasteiger partial charge in [-0.3, -0.25) is 4.98 Å². The van der Waals surface area contributed by atoms with E-state index in [2.05, 4.69) is 33.4 Å². The molecule has 0 radical (unpaired) electrons. The van der Waals surface area contributed by atoms with Crippen LogP contribution < -0.4 is 10.2 Å². The van der Waals surface area contributed by atoms with Crippen molar-refractivity contribution in [3.63, 3.8) is 0 Å². The molecule has 2 unspecified atom stereocenters. The SMILES string of the molecule is OCc1cc2nccc(-c3cc(Cl)cc4c3N(C3CNC3)CC3CC43)c2s1. The maximum Gasteiger partial charge on any atom is 0.0819 e. The van der Waals surface area contributed by atoms with E-state index in [1.54, 1.807) is 11.3 Å². The van der Waals surface area contributed by atoms with Gasteiger partial charge in [-0.05, 0) is 48.1 Å². The predicted molar refractivity (Wildman–Crippen MR) is 111 cm³/mol. The number of benzene rings is 1. The lowest BCUT2D eigenvalue weighted by molar-refractivity contribution is 0.285. The van der Waals surface area contributed by atoms with Crippen molar-refractivity contribution >= 4 is 38.8 Å². The molecule has 2 N–H and O–H groups in total. The van der Waals surface area contributed by atoms with Gasteiger partial charge in [0.25, 0.3) is 0 Å². The lowest BCUT2D eigenvalue weighted by Gasteiger charge is -2.44. The highest BCUT2D eigenvalue weighted by atomic mass is 35.5. The molecule has 2 aromatic heterocycles. The maximum absolute atomic E-state index is 9.58. The van der Waals surface area contributed by atoms with Gasteiger partial charge in [-0.15, -0.1) is 11.3 Å². The molecular weight excluding hydrogens is 378 g/mol. The van der Waals surface area contributed by atoms with Crippen molar-refractivity contribution in [3.05, 3.63) is 45.9 Å². The highest BCUT2D eigenvalue weighted by Crippen LogP contribution is 2.58. The fourth-order valence-corrected chi connectivity index (χ4v) is 5.93. The number of fused-ring (bicyclic) bond motifs is 4. The second-order valence-corrected chi connectivity index (χ2v) is 9.47. The number of aromatic nitrogens is 1. The fraction of sp³-hybridized carbons (Fsp3) is 0.381. The minimum absolute atomic E-state index is 0.0533. The topological polar surface area (TPSA) is 48.4 Å². The van der Waals surface area contributed by atoms with Crippen LogP contribution in [0.1, 0.15) is 22.8 Å². The molecule has 4 heterocycles. The monoisotopic (exact) mass is 397 g/mol. The first kappa shape index (κ1) is 16.3. The van der Waals surface area contributed by atoms with Crippen LogP contribution in [0.5, 0.6) is 0 Å². The van der Waals surface area contributed by atoms with E-state index in [1.807, 2.05) is 12.3 Å². The van der Waals surface area contributed by atoms with Gasteiger partial charge in [0.15, 0.2) is 0 Å². The lowest BCUT2D eigenvalue weighted by atomic mass is 9.91. The van der Waals surface area contributed by atoms with Gasteiger partial charge in [0, 0.05) is 52.5 Å². The zero-order chi connectivity index (χ0) is 18.1. The van der Waals surface area contributed by atoms with E-state index in [0.29, 0.717) is 12.0 Å². The maximum atomic E-state index is 9.58. The molecule has 0 amide bonds. The van der Waals surface area contributed by atoms with E-state index in [4.69, 9.17) is 11.6 Å². The summed E-state index contributed by atoms with van der Waals surface area (Å²) >= 11 is 8.22. The Hall–Kier alpha value is -1.66. The summed E-state index contributed by atoms with van der Waals surface area (Å²) in [5, 5.41) is 13.8. The molecule has 6 heteroatoms. The van der Waals surface area contributed by atoms with Gasteiger partial charge in [0.1, 0.15) is 0 Å². The number of nitrogens with one attached hydrogen (secondary N) is 1. The van der Waals surface area contributed by atoms with Crippen LogP contribution in [-0.2, 0) is 6.61 Å². The molecule has 0 bridgehead atoms. The van der Waals surface area contributed by atoms with Gasteiger partial charge in [0.2, 0.25) is 0 Å².